The monoisotopic (exact) mass is 660 g/mol. The van der Waals surface area contributed by atoms with Gasteiger partial charge in [0.15, 0.2) is 0 Å². The molecule has 46 heavy (non-hydrogen) atoms. The van der Waals surface area contributed by atoms with Crippen LogP contribution in [0, 0.1) is 17.8 Å². The molecule has 3 aromatic heterocycles. The van der Waals surface area contributed by atoms with Crippen molar-refractivity contribution in [2.45, 2.75) is 88.6 Å². The van der Waals surface area contributed by atoms with Gasteiger partial charge in [-0.15, -0.1) is 0 Å². The summed E-state index contributed by atoms with van der Waals surface area (Å²) in [5.74, 6) is -6.53. The molecule has 5 rings (SSSR count). The van der Waals surface area contributed by atoms with Gasteiger partial charge in [-0.3, -0.25) is 19.0 Å². The van der Waals surface area contributed by atoms with E-state index < -0.39 is 79.7 Å². The maximum absolute atomic E-state index is 14.0. The summed E-state index contributed by atoms with van der Waals surface area (Å²) < 4.78 is 107. The summed E-state index contributed by atoms with van der Waals surface area (Å²) in [6.45, 7) is 0.931. The molecular formula is C30H32F8N6O2. The fraction of sp³-hybridized carbons (Fsp3) is 0.567. The Hall–Kier alpha value is -3.85. The molecule has 250 valence electrons. The van der Waals surface area contributed by atoms with E-state index in [4.69, 9.17) is 0 Å². The van der Waals surface area contributed by atoms with Crippen LogP contribution in [0.5, 0.6) is 0 Å². The summed E-state index contributed by atoms with van der Waals surface area (Å²) in [5.41, 5.74) is 0.215. The van der Waals surface area contributed by atoms with Crippen LogP contribution in [0.25, 0.3) is 5.78 Å². The van der Waals surface area contributed by atoms with Crippen LogP contribution >= 0.6 is 0 Å². The largest absolute Gasteiger partial charge is 0.394 e. The van der Waals surface area contributed by atoms with Crippen molar-refractivity contribution in [1.29, 1.82) is 0 Å². The molecule has 2 N–H and O–H groups in total. The molecule has 0 aromatic carbocycles. The van der Waals surface area contributed by atoms with Gasteiger partial charge < -0.3 is 10.6 Å². The van der Waals surface area contributed by atoms with Crippen molar-refractivity contribution < 1.29 is 44.7 Å². The Bertz CT molecular complexity index is 1560. The van der Waals surface area contributed by atoms with Crippen molar-refractivity contribution in [1.82, 2.24) is 30.0 Å². The summed E-state index contributed by atoms with van der Waals surface area (Å²) >= 11 is 0. The number of carbonyl (C=O) groups excluding carboxylic acids is 2. The van der Waals surface area contributed by atoms with Crippen LogP contribution in [-0.2, 0) is 11.2 Å². The molecule has 16 heteroatoms. The molecule has 3 unspecified atom stereocenters. The average molecular weight is 661 g/mol. The third-order valence-corrected chi connectivity index (χ3v) is 8.44. The number of hydrogen-bond donors (Lipinski definition) is 2. The number of amides is 2. The van der Waals surface area contributed by atoms with Gasteiger partial charge in [-0.25, -0.2) is 18.7 Å². The van der Waals surface area contributed by atoms with Crippen molar-refractivity contribution in [3.05, 3.63) is 59.4 Å². The first kappa shape index (κ1) is 33.5. The molecule has 2 saturated carbocycles. The van der Waals surface area contributed by atoms with E-state index in [0.29, 0.717) is 5.69 Å². The average Bonchev–Trinajstić information content (AvgIpc) is 3.71. The Morgan fingerprint density at radius 1 is 0.957 bits per heavy atom. The number of nitrogens with zero attached hydrogens (tertiary/aromatic N) is 4. The fourth-order valence-corrected chi connectivity index (χ4v) is 5.69. The summed E-state index contributed by atoms with van der Waals surface area (Å²) in [4.78, 5) is 38.5. The number of rotatable bonds is 10. The van der Waals surface area contributed by atoms with E-state index in [1.807, 2.05) is 0 Å². The molecule has 2 aliphatic rings. The van der Waals surface area contributed by atoms with Crippen molar-refractivity contribution in [2.24, 2.45) is 17.8 Å². The quantitative estimate of drug-likeness (QED) is 0.236. The Morgan fingerprint density at radius 3 is 2.22 bits per heavy atom. The van der Waals surface area contributed by atoms with Gasteiger partial charge in [0.25, 0.3) is 5.91 Å². The zero-order valence-electron chi connectivity index (χ0n) is 24.6. The van der Waals surface area contributed by atoms with Crippen molar-refractivity contribution in [3.63, 3.8) is 0 Å². The SMILES string of the molecule is CC(CC(=O)NC(c1ccn2cc(C(NC(=O)c3ccnc(CC(F)(F)F)c3)C3CCC(F)(F)CC3)nc2n1)C1CC1)C(F)(F)F. The summed E-state index contributed by atoms with van der Waals surface area (Å²) in [6, 6.07) is 2.33. The number of nitrogens with one attached hydrogen (secondary N) is 2. The number of fused-ring (bicyclic) bond motifs is 1. The van der Waals surface area contributed by atoms with Gasteiger partial charge >= 0.3 is 12.4 Å². The zero-order valence-corrected chi connectivity index (χ0v) is 24.6. The molecule has 3 heterocycles. The van der Waals surface area contributed by atoms with Crippen LogP contribution in [-0.4, -0.2) is 49.4 Å². The molecule has 2 amide bonds. The Kier molecular flexibility index (Phi) is 9.28. The Balaban J connectivity index is 1.40. The number of carbonyl (C=O) groups is 2. The van der Waals surface area contributed by atoms with E-state index in [0.717, 1.165) is 32.0 Å². The topological polar surface area (TPSA) is 101 Å². The first-order valence-electron chi connectivity index (χ1n) is 14.9. The van der Waals surface area contributed by atoms with Gasteiger partial charge in [-0.2, -0.15) is 26.3 Å². The molecule has 3 aromatic rings. The number of alkyl halides is 8. The first-order chi connectivity index (χ1) is 21.5. The van der Waals surface area contributed by atoms with E-state index in [2.05, 4.69) is 25.6 Å². The van der Waals surface area contributed by atoms with E-state index in [1.54, 1.807) is 18.5 Å². The lowest BCUT2D eigenvalue weighted by Crippen LogP contribution is -2.37. The lowest BCUT2D eigenvalue weighted by atomic mass is 9.81. The molecule has 0 spiro atoms. The second-order valence-corrected chi connectivity index (χ2v) is 12.2. The normalized spacial score (nSPS) is 19.4. The maximum Gasteiger partial charge on any atom is 0.394 e. The molecule has 0 radical (unpaired) electrons. The van der Waals surface area contributed by atoms with Crippen molar-refractivity contribution in [2.75, 3.05) is 0 Å². The number of hydrogen-bond acceptors (Lipinski definition) is 5. The van der Waals surface area contributed by atoms with Gasteiger partial charge in [0.1, 0.15) is 0 Å². The van der Waals surface area contributed by atoms with Crippen LogP contribution in [0.15, 0.2) is 36.8 Å². The van der Waals surface area contributed by atoms with Gasteiger partial charge in [-0.1, -0.05) is 6.92 Å². The number of aromatic nitrogens is 4. The number of pyridine rings is 1. The Labute approximate surface area is 258 Å². The molecular weight excluding hydrogens is 628 g/mol. The summed E-state index contributed by atoms with van der Waals surface area (Å²) in [7, 11) is 0. The van der Waals surface area contributed by atoms with Crippen molar-refractivity contribution >= 4 is 17.6 Å². The van der Waals surface area contributed by atoms with E-state index >= 15 is 0 Å². The van der Waals surface area contributed by atoms with Gasteiger partial charge in [0, 0.05) is 43.4 Å². The molecule has 2 aliphatic carbocycles. The third kappa shape index (κ3) is 8.49. The molecule has 0 saturated heterocycles. The highest BCUT2D eigenvalue weighted by molar-refractivity contribution is 5.94. The smallest absolute Gasteiger partial charge is 0.347 e. The fourth-order valence-electron chi connectivity index (χ4n) is 5.69. The first-order valence-corrected chi connectivity index (χ1v) is 14.9. The van der Waals surface area contributed by atoms with Crippen LogP contribution in [0.3, 0.4) is 0 Å². The number of imidazole rings is 1. The van der Waals surface area contributed by atoms with E-state index in [9.17, 15) is 44.7 Å². The highest BCUT2D eigenvalue weighted by Crippen LogP contribution is 2.43. The highest BCUT2D eigenvalue weighted by Gasteiger charge is 2.41. The van der Waals surface area contributed by atoms with E-state index in [1.165, 1.54) is 10.5 Å². The number of halogens is 8. The maximum atomic E-state index is 14.0. The minimum Gasteiger partial charge on any atom is -0.347 e. The molecule has 3 atom stereocenters. The summed E-state index contributed by atoms with van der Waals surface area (Å²) in [5, 5.41) is 5.45. The summed E-state index contributed by atoms with van der Waals surface area (Å²) in [6.07, 6.45) is -6.14. The standard InChI is InChI=1S/C30H32F8N6O2/c1-16(30(36,37)38)12-23(45)42-24(17-2-3-17)21-7-11-44-15-22(41-27(44)40-21)25(18-4-8-28(31,32)9-5-18)43-26(46)19-6-10-39-20(13-19)14-29(33,34)35/h6-7,10-11,13,15-18,24-25H,2-5,8-9,12,14H2,1H3,(H,42,45)(H,43,46). The zero-order chi connectivity index (χ0) is 33.4. The minimum absolute atomic E-state index is 0.0203. The highest BCUT2D eigenvalue weighted by atomic mass is 19.4. The van der Waals surface area contributed by atoms with Gasteiger partial charge in [-0.05, 0) is 55.7 Å². The molecule has 8 nitrogen and oxygen atoms in total. The lowest BCUT2D eigenvalue weighted by molar-refractivity contribution is -0.174. The lowest BCUT2D eigenvalue weighted by Gasteiger charge is -2.33. The molecule has 2 fully saturated rings. The van der Waals surface area contributed by atoms with Crippen LogP contribution in [0.1, 0.15) is 91.4 Å². The second-order valence-electron chi connectivity index (χ2n) is 12.2. The third-order valence-electron chi connectivity index (χ3n) is 8.44. The Morgan fingerprint density at radius 2 is 1.59 bits per heavy atom. The van der Waals surface area contributed by atoms with Gasteiger partial charge in [0.05, 0.1) is 41.5 Å². The van der Waals surface area contributed by atoms with Crippen LogP contribution in [0.4, 0.5) is 35.1 Å². The van der Waals surface area contributed by atoms with Gasteiger partial charge in [0.2, 0.25) is 17.6 Å². The van der Waals surface area contributed by atoms with Crippen molar-refractivity contribution in [3.8, 4) is 0 Å². The van der Waals surface area contributed by atoms with Crippen LogP contribution < -0.4 is 10.6 Å². The second kappa shape index (κ2) is 12.7. The molecule has 0 aliphatic heterocycles. The predicted molar refractivity (Wildman–Crippen MR) is 148 cm³/mol. The van der Waals surface area contributed by atoms with E-state index in [-0.39, 0.29) is 41.5 Å². The van der Waals surface area contributed by atoms with Crippen LogP contribution in [0.2, 0.25) is 0 Å². The molecule has 0 bridgehead atoms. The minimum atomic E-state index is -4.54. The predicted octanol–water partition coefficient (Wildman–Crippen LogP) is 6.68.